The zero-order valence-corrected chi connectivity index (χ0v) is 14.1. The molecule has 0 spiro atoms. The van der Waals surface area contributed by atoms with Gasteiger partial charge in [0, 0.05) is 20.3 Å². The molecule has 1 aliphatic carbocycles. The molecule has 0 aromatic heterocycles. The Morgan fingerprint density at radius 3 is 2.67 bits per heavy atom. The number of fused-ring (bicyclic) bond motifs is 1. The van der Waals surface area contributed by atoms with E-state index in [1.54, 1.807) is 7.11 Å². The van der Waals surface area contributed by atoms with Crippen molar-refractivity contribution in [2.24, 2.45) is 5.41 Å². The predicted molar refractivity (Wildman–Crippen MR) is 94.7 cm³/mol. The van der Waals surface area contributed by atoms with E-state index in [1.165, 1.54) is 0 Å². The Bertz CT molecular complexity index is 709. The number of amides is 1. The molecule has 4 heteroatoms. The summed E-state index contributed by atoms with van der Waals surface area (Å²) in [6, 6.07) is 14.0. The molecule has 2 aromatic rings. The fourth-order valence-corrected chi connectivity index (χ4v) is 3.40. The number of benzene rings is 2. The molecule has 1 atom stereocenters. The van der Waals surface area contributed by atoms with Crippen molar-refractivity contribution in [3.8, 4) is 0 Å². The van der Waals surface area contributed by atoms with Gasteiger partial charge in [0.1, 0.15) is 0 Å². The molecular formula is C20H25NO3. The van der Waals surface area contributed by atoms with Gasteiger partial charge in [0.05, 0.1) is 11.5 Å². The molecule has 0 heterocycles. The van der Waals surface area contributed by atoms with Crippen LogP contribution in [0.3, 0.4) is 0 Å². The molecule has 1 unspecified atom stereocenters. The molecule has 1 amide bonds. The molecule has 0 aliphatic heterocycles. The first-order chi connectivity index (χ1) is 11.6. The van der Waals surface area contributed by atoms with Gasteiger partial charge in [-0.15, -0.1) is 0 Å². The lowest BCUT2D eigenvalue weighted by molar-refractivity contribution is -0.138. The van der Waals surface area contributed by atoms with Crippen molar-refractivity contribution in [2.45, 2.75) is 31.8 Å². The van der Waals surface area contributed by atoms with Crippen LogP contribution in [0.2, 0.25) is 0 Å². The Hall–Kier alpha value is -1.91. The summed E-state index contributed by atoms with van der Waals surface area (Å²) in [4.78, 5) is 12.5. The van der Waals surface area contributed by atoms with E-state index in [4.69, 9.17) is 4.74 Å². The summed E-state index contributed by atoms with van der Waals surface area (Å²) in [6.45, 7) is 0.840. The van der Waals surface area contributed by atoms with Crippen LogP contribution in [0.4, 0.5) is 0 Å². The van der Waals surface area contributed by atoms with Gasteiger partial charge in [-0.3, -0.25) is 4.79 Å². The Morgan fingerprint density at radius 2 is 2.00 bits per heavy atom. The summed E-state index contributed by atoms with van der Waals surface area (Å²) in [5.41, 5.74) is 0.535. The minimum absolute atomic E-state index is 0.0469. The number of nitrogens with one attached hydrogen (secondary N) is 1. The van der Waals surface area contributed by atoms with Crippen molar-refractivity contribution >= 4 is 16.7 Å². The second-order valence-electron chi connectivity index (χ2n) is 6.71. The second kappa shape index (κ2) is 7.32. The molecule has 1 fully saturated rings. The van der Waals surface area contributed by atoms with Crippen LogP contribution in [0.1, 0.15) is 37.4 Å². The van der Waals surface area contributed by atoms with Gasteiger partial charge >= 0.3 is 0 Å². The van der Waals surface area contributed by atoms with Gasteiger partial charge < -0.3 is 15.2 Å². The van der Waals surface area contributed by atoms with Crippen LogP contribution in [-0.4, -0.2) is 31.3 Å². The van der Waals surface area contributed by atoms with E-state index in [0.717, 1.165) is 42.0 Å². The summed E-state index contributed by atoms with van der Waals surface area (Å²) < 4.78 is 5.13. The highest BCUT2D eigenvalue weighted by atomic mass is 16.5. The number of aliphatic hydroxyl groups excluding tert-OH is 1. The smallest absolute Gasteiger partial charge is 0.226 e. The molecule has 128 valence electrons. The van der Waals surface area contributed by atoms with Gasteiger partial charge in [-0.25, -0.2) is 0 Å². The maximum Gasteiger partial charge on any atom is 0.226 e. The molecule has 3 rings (SSSR count). The average Bonchev–Trinajstić information content (AvgIpc) is 2.58. The number of ether oxygens (including phenoxy) is 1. The maximum atomic E-state index is 12.5. The van der Waals surface area contributed by atoms with E-state index in [2.05, 4.69) is 5.32 Å². The van der Waals surface area contributed by atoms with Crippen molar-refractivity contribution in [1.29, 1.82) is 0 Å². The van der Waals surface area contributed by atoms with Crippen LogP contribution >= 0.6 is 0 Å². The summed E-state index contributed by atoms with van der Waals surface area (Å²) in [5, 5.41) is 15.6. The first-order valence-corrected chi connectivity index (χ1v) is 8.59. The minimum Gasteiger partial charge on any atom is -0.387 e. The van der Waals surface area contributed by atoms with Crippen LogP contribution in [0.25, 0.3) is 10.8 Å². The number of carbonyl (C=O) groups is 1. The number of rotatable bonds is 7. The van der Waals surface area contributed by atoms with E-state index < -0.39 is 6.10 Å². The highest BCUT2D eigenvalue weighted by Crippen LogP contribution is 2.44. The van der Waals surface area contributed by atoms with E-state index in [9.17, 15) is 9.90 Å². The Kier molecular flexibility index (Phi) is 5.17. The van der Waals surface area contributed by atoms with E-state index >= 15 is 0 Å². The third kappa shape index (κ3) is 3.45. The predicted octanol–water partition coefficient (Wildman–Crippen LogP) is 3.20. The van der Waals surface area contributed by atoms with Gasteiger partial charge in [0.15, 0.2) is 0 Å². The van der Waals surface area contributed by atoms with Crippen molar-refractivity contribution in [1.82, 2.24) is 5.32 Å². The molecule has 2 N–H and O–H groups in total. The monoisotopic (exact) mass is 327 g/mol. The van der Waals surface area contributed by atoms with Crippen LogP contribution in [0.5, 0.6) is 0 Å². The lowest BCUT2D eigenvalue weighted by Gasteiger charge is -2.40. The lowest BCUT2D eigenvalue weighted by Crippen LogP contribution is -2.47. The first-order valence-electron chi connectivity index (χ1n) is 8.59. The molecular weight excluding hydrogens is 302 g/mol. The normalized spacial score (nSPS) is 17.2. The van der Waals surface area contributed by atoms with Gasteiger partial charge in [-0.05, 0) is 41.7 Å². The van der Waals surface area contributed by atoms with E-state index in [0.29, 0.717) is 6.61 Å². The molecule has 0 bridgehead atoms. The van der Waals surface area contributed by atoms with Crippen molar-refractivity contribution in [3.05, 3.63) is 48.0 Å². The van der Waals surface area contributed by atoms with Crippen molar-refractivity contribution in [2.75, 3.05) is 20.3 Å². The maximum absolute atomic E-state index is 12.5. The van der Waals surface area contributed by atoms with Crippen LogP contribution < -0.4 is 5.32 Å². The Balaban J connectivity index is 1.61. The van der Waals surface area contributed by atoms with Gasteiger partial charge in [0.25, 0.3) is 0 Å². The first kappa shape index (κ1) is 16.9. The molecule has 1 aliphatic rings. The zero-order valence-electron chi connectivity index (χ0n) is 14.1. The van der Waals surface area contributed by atoms with Crippen LogP contribution in [0, 0.1) is 5.41 Å². The summed E-state index contributed by atoms with van der Waals surface area (Å²) in [6.07, 6.45) is 2.96. The Morgan fingerprint density at radius 1 is 1.25 bits per heavy atom. The number of hydrogen-bond donors (Lipinski definition) is 2. The summed E-state index contributed by atoms with van der Waals surface area (Å²) in [5.74, 6) is 0.0469. The number of methoxy groups -OCH3 is 1. The number of aliphatic hydroxyl groups is 1. The topological polar surface area (TPSA) is 58.6 Å². The molecule has 2 aromatic carbocycles. The third-order valence-corrected chi connectivity index (χ3v) is 5.19. The molecule has 0 saturated heterocycles. The van der Waals surface area contributed by atoms with E-state index in [1.807, 2.05) is 42.5 Å². The average molecular weight is 327 g/mol. The summed E-state index contributed by atoms with van der Waals surface area (Å²) in [7, 11) is 1.66. The molecule has 0 radical (unpaired) electrons. The highest BCUT2D eigenvalue weighted by Gasteiger charge is 2.43. The number of carbonyl (C=O) groups excluding carboxylic acids is 1. The standard InChI is InChI=1S/C20H25NO3/c1-24-12-11-20(9-4-10-20)19(23)21-14-18(22)17-8-7-15-5-2-3-6-16(15)13-17/h2-3,5-8,13,18,22H,4,9-12,14H2,1H3,(H,21,23). The van der Waals surface area contributed by atoms with Gasteiger partial charge in [-0.1, -0.05) is 42.8 Å². The summed E-state index contributed by atoms with van der Waals surface area (Å²) >= 11 is 0. The third-order valence-electron chi connectivity index (χ3n) is 5.19. The SMILES string of the molecule is COCCC1(C(=O)NCC(O)c2ccc3ccccc3c2)CCC1. The minimum atomic E-state index is -0.696. The Labute approximate surface area is 142 Å². The van der Waals surface area contributed by atoms with E-state index in [-0.39, 0.29) is 17.9 Å². The quantitative estimate of drug-likeness (QED) is 0.821. The van der Waals surface area contributed by atoms with Crippen molar-refractivity contribution in [3.63, 3.8) is 0 Å². The number of hydrogen-bond acceptors (Lipinski definition) is 3. The van der Waals surface area contributed by atoms with Gasteiger partial charge in [0.2, 0.25) is 5.91 Å². The highest BCUT2D eigenvalue weighted by molar-refractivity contribution is 5.84. The molecule has 4 nitrogen and oxygen atoms in total. The molecule has 1 saturated carbocycles. The van der Waals surface area contributed by atoms with Gasteiger partial charge in [-0.2, -0.15) is 0 Å². The van der Waals surface area contributed by atoms with Crippen LogP contribution in [-0.2, 0) is 9.53 Å². The molecule has 24 heavy (non-hydrogen) atoms. The largest absolute Gasteiger partial charge is 0.387 e. The van der Waals surface area contributed by atoms with Crippen molar-refractivity contribution < 1.29 is 14.6 Å². The lowest BCUT2D eigenvalue weighted by atomic mass is 9.66. The van der Waals surface area contributed by atoms with Crippen LogP contribution in [0.15, 0.2) is 42.5 Å². The second-order valence-corrected chi connectivity index (χ2v) is 6.71. The fraction of sp³-hybridized carbons (Fsp3) is 0.450. The zero-order chi connectivity index (χ0) is 17.0. The fourth-order valence-electron chi connectivity index (χ4n) is 3.40.